The molecule has 0 bridgehead atoms. The van der Waals surface area contributed by atoms with Crippen molar-refractivity contribution < 1.29 is 19.1 Å². The number of pyridine rings is 6. The maximum absolute atomic E-state index is 12.9. The van der Waals surface area contributed by atoms with Crippen LogP contribution in [0.4, 0.5) is 5.69 Å². The third kappa shape index (κ3) is 7.91. The van der Waals surface area contributed by atoms with Crippen molar-refractivity contribution in [1.82, 2.24) is 40.5 Å². The lowest BCUT2D eigenvalue weighted by Crippen LogP contribution is -2.27. The molecule has 6 heterocycles. The molecule has 2 amide bonds. The summed E-state index contributed by atoms with van der Waals surface area (Å²) >= 11 is 6.28. The van der Waals surface area contributed by atoms with Gasteiger partial charge < -0.3 is 25.4 Å². The fourth-order valence-electron chi connectivity index (χ4n) is 6.04. The van der Waals surface area contributed by atoms with Crippen molar-refractivity contribution in [3.05, 3.63) is 64.2 Å². The molecule has 0 saturated heterocycles. The highest BCUT2D eigenvalue weighted by Gasteiger charge is 2.25. The average Bonchev–Trinajstić information content (AvgIpc) is 4.01. The van der Waals surface area contributed by atoms with Crippen LogP contribution in [0.15, 0.2) is 36.9 Å². The number of anilines is 1. The number of ether oxygens (including phenoxy) is 2. The van der Waals surface area contributed by atoms with Crippen LogP contribution in [0, 0.1) is 25.7 Å². The molecule has 1 aliphatic carbocycles. The third-order valence-electron chi connectivity index (χ3n) is 9.33. The Morgan fingerprint density at radius 3 is 2.15 bits per heavy atom. The summed E-state index contributed by atoms with van der Waals surface area (Å²) in [6, 6.07) is 3.36. The first-order valence-corrected chi connectivity index (χ1v) is 18.7. The van der Waals surface area contributed by atoms with Crippen LogP contribution in [0.5, 0.6) is 11.5 Å². The molecule has 0 spiro atoms. The van der Waals surface area contributed by atoms with Gasteiger partial charge in [0, 0.05) is 38.7 Å². The Labute approximate surface area is 319 Å². The van der Waals surface area contributed by atoms with Crippen LogP contribution in [-0.2, 0) is 0 Å². The molecule has 13 nitrogen and oxygen atoms in total. The van der Waals surface area contributed by atoms with E-state index < -0.39 is 0 Å². The van der Waals surface area contributed by atoms with Gasteiger partial charge in [0.2, 0.25) is 0 Å². The summed E-state index contributed by atoms with van der Waals surface area (Å²) in [5.74, 6) is 1.58. The number of halogens is 1. The molecule has 7 rings (SSSR count). The van der Waals surface area contributed by atoms with Crippen molar-refractivity contribution in [2.75, 3.05) is 39.2 Å². The molecule has 6 aromatic rings. The van der Waals surface area contributed by atoms with Crippen LogP contribution in [0.3, 0.4) is 0 Å². The number of carbonyl (C=O) groups is 2. The number of fused-ring (bicyclic) bond motifs is 4. The lowest BCUT2D eigenvalue weighted by atomic mass is 10.1. The highest BCUT2D eigenvalue weighted by atomic mass is 35.5. The molecule has 1 saturated carbocycles. The molecule has 1 fully saturated rings. The summed E-state index contributed by atoms with van der Waals surface area (Å²) in [5.41, 5.74) is 8.70. The summed E-state index contributed by atoms with van der Waals surface area (Å²) in [7, 11) is 3.14. The number of hydrogen-bond donors (Lipinski definition) is 3. The summed E-state index contributed by atoms with van der Waals surface area (Å²) in [6.45, 7) is 12.1. The number of hydrogen-bond acceptors (Lipinski definition) is 11. The molecule has 0 aliphatic heterocycles. The number of amides is 2. The van der Waals surface area contributed by atoms with Crippen LogP contribution < -0.4 is 25.4 Å². The van der Waals surface area contributed by atoms with Crippen LogP contribution in [0.2, 0.25) is 5.02 Å². The smallest absolute Gasteiger partial charge is 0.253 e. The number of rotatable bonds is 12. The van der Waals surface area contributed by atoms with Crippen molar-refractivity contribution in [3.8, 4) is 11.5 Å². The van der Waals surface area contributed by atoms with Gasteiger partial charge in [-0.25, -0.2) is 15.0 Å². The average molecular weight is 752 g/mol. The zero-order chi connectivity index (χ0) is 38.5. The Bertz CT molecular complexity index is 2370. The number of nitrogens with one attached hydrogen (secondary N) is 3. The fraction of sp³-hybridized carbons (Fsp3) is 0.400. The SMILES string of the molecule is CCCNc1c2nccc(C(=O)NC)c2nc2c(C)c(C)cnc12.COc1c(Cl)cnc2c(OCCC3CC3)c3nccc(C(=O)NCC(C)C)c3nc12. The predicted molar refractivity (Wildman–Crippen MR) is 213 cm³/mol. The third-order valence-corrected chi connectivity index (χ3v) is 9.60. The summed E-state index contributed by atoms with van der Waals surface area (Å²) in [5, 5.41) is 9.37. The lowest BCUT2D eigenvalue weighted by Gasteiger charge is -2.15. The van der Waals surface area contributed by atoms with E-state index in [4.69, 9.17) is 31.0 Å². The van der Waals surface area contributed by atoms with E-state index in [2.05, 4.69) is 42.8 Å². The molecule has 0 unspecified atom stereocenters. The van der Waals surface area contributed by atoms with Gasteiger partial charge in [-0.3, -0.25) is 24.5 Å². The van der Waals surface area contributed by atoms with E-state index in [1.54, 1.807) is 31.6 Å². The Morgan fingerprint density at radius 2 is 1.48 bits per heavy atom. The zero-order valence-electron chi connectivity index (χ0n) is 31.8. The van der Waals surface area contributed by atoms with Crippen LogP contribution in [-0.4, -0.2) is 75.6 Å². The molecule has 6 aromatic heterocycles. The van der Waals surface area contributed by atoms with Crippen LogP contribution in [0.25, 0.3) is 44.1 Å². The zero-order valence-corrected chi connectivity index (χ0v) is 32.5. The van der Waals surface area contributed by atoms with Gasteiger partial charge in [0.25, 0.3) is 11.8 Å². The van der Waals surface area contributed by atoms with Crippen LogP contribution in [0.1, 0.15) is 78.3 Å². The highest BCUT2D eigenvalue weighted by Crippen LogP contribution is 2.40. The number of aromatic nitrogens is 6. The monoisotopic (exact) mass is 751 g/mol. The van der Waals surface area contributed by atoms with Gasteiger partial charge in [0.15, 0.2) is 11.5 Å². The Balaban J connectivity index is 0.000000189. The van der Waals surface area contributed by atoms with E-state index in [1.165, 1.54) is 26.1 Å². The van der Waals surface area contributed by atoms with Gasteiger partial charge in [-0.2, -0.15) is 0 Å². The molecule has 282 valence electrons. The van der Waals surface area contributed by atoms with Crippen LogP contribution >= 0.6 is 11.6 Å². The standard InChI is InChI=1S/C22H25ClN4O3.C18H21N5O/c1-12(2)10-26-22(28)14-6-8-24-17-16(14)27-19-18(25-11-15(23)20(19)29-3)21(17)30-9-7-13-4-5-13;1-5-7-20-17-15-13(11(3)10(2)9-22-15)23-14-12(18(24)19-4)6-8-21-16(14)17/h6,8,11-13H,4-5,7,9-10H2,1-3H3,(H,26,28);6,8-9H,5,7H2,1-4H3,(H,19,24)(H,20,23). The van der Waals surface area contributed by atoms with Gasteiger partial charge in [0.1, 0.15) is 43.6 Å². The minimum atomic E-state index is -0.208. The molecule has 0 atom stereocenters. The second-order valence-corrected chi connectivity index (χ2v) is 14.2. The van der Waals surface area contributed by atoms with Crippen molar-refractivity contribution in [2.45, 2.75) is 60.3 Å². The van der Waals surface area contributed by atoms with Crippen molar-refractivity contribution >= 4 is 73.2 Å². The van der Waals surface area contributed by atoms with E-state index in [9.17, 15) is 9.59 Å². The minimum Gasteiger partial charge on any atom is -0.493 e. The van der Waals surface area contributed by atoms with E-state index in [0.29, 0.717) is 79.8 Å². The molecular formula is C40H46ClN9O4. The van der Waals surface area contributed by atoms with E-state index in [-0.39, 0.29) is 11.8 Å². The predicted octanol–water partition coefficient (Wildman–Crippen LogP) is 7.38. The molecule has 3 N–H and O–H groups in total. The fourth-order valence-corrected chi connectivity index (χ4v) is 6.26. The minimum absolute atomic E-state index is 0.172. The Kier molecular flexibility index (Phi) is 11.9. The number of carbonyl (C=O) groups excluding carboxylic acids is 2. The van der Waals surface area contributed by atoms with Gasteiger partial charge in [0.05, 0.1) is 42.2 Å². The summed E-state index contributed by atoms with van der Waals surface area (Å²) in [6.07, 6.45) is 11.1. The van der Waals surface area contributed by atoms with Gasteiger partial charge in [-0.1, -0.05) is 45.2 Å². The summed E-state index contributed by atoms with van der Waals surface area (Å²) < 4.78 is 11.6. The topological polar surface area (TPSA) is 166 Å². The molecule has 0 radical (unpaired) electrons. The molecule has 54 heavy (non-hydrogen) atoms. The first kappa shape index (κ1) is 38.3. The van der Waals surface area contributed by atoms with Crippen molar-refractivity contribution in [3.63, 3.8) is 0 Å². The van der Waals surface area contributed by atoms with Crippen molar-refractivity contribution in [1.29, 1.82) is 0 Å². The lowest BCUT2D eigenvalue weighted by molar-refractivity contribution is 0.0946. The van der Waals surface area contributed by atoms with E-state index >= 15 is 0 Å². The van der Waals surface area contributed by atoms with Gasteiger partial charge in [-0.05, 0) is 61.8 Å². The maximum atomic E-state index is 12.9. The van der Waals surface area contributed by atoms with Gasteiger partial charge in [-0.15, -0.1) is 0 Å². The van der Waals surface area contributed by atoms with Crippen molar-refractivity contribution in [2.24, 2.45) is 11.8 Å². The second-order valence-electron chi connectivity index (χ2n) is 13.8. The van der Waals surface area contributed by atoms with E-state index in [1.807, 2.05) is 33.9 Å². The quantitative estimate of drug-likeness (QED) is 0.107. The number of methoxy groups -OCH3 is 1. The second kappa shape index (κ2) is 16.7. The maximum Gasteiger partial charge on any atom is 0.253 e. The van der Waals surface area contributed by atoms with Gasteiger partial charge >= 0.3 is 0 Å². The molecule has 14 heteroatoms. The number of nitrogens with zero attached hydrogens (tertiary/aromatic N) is 6. The molecule has 0 aromatic carbocycles. The highest BCUT2D eigenvalue weighted by molar-refractivity contribution is 6.33. The first-order chi connectivity index (χ1) is 26.1. The molecule has 1 aliphatic rings. The Morgan fingerprint density at radius 1 is 0.852 bits per heavy atom. The largest absolute Gasteiger partial charge is 0.493 e. The first-order valence-electron chi connectivity index (χ1n) is 18.3. The van der Waals surface area contributed by atoms with E-state index in [0.717, 1.165) is 53.2 Å². The number of aryl methyl sites for hydroxylation is 2. The normalized spacial score (nSPS) is 12.5. The Hall–Kier alpha value is -5.43. The molecular weight excluding hydrogens is 706 g/mol. The summed E-state index contributed by atoms with van der Waals surface area (Å²) in [4.78, 5) is 52.5.